The molecule has 2 rings (SSSR count). The molecule has 0 aliphatic heterocycles. The minimum absolute atomic E-state index is 0.162. The van der Waals surface area contributed by atoms with E-state index in [2.05, 4.69) is 5.16 Å². The number of benzene rings is 2. The van der Waals surface area contributed by atoms with E-state index in [0.717, 1.165) is 11.3 Å². The number of nitrogens with zero attached hydrogens (tertiary/aromatic N) is 1. The molecule has 0 aliphatic carbocycles. The molecule has 86 valence electrons. The fourth-order valence-electron chi connectivity index (χ4n) is 1.39. The molecule has 0 fully saturated rings. The SMILES string of the molecule is C/C(=N\Oc1cccc(O)c1)c1ccccc1. The quantitative estimate of drug-likeness (QED) is 0.646. The second-order valence-electron chi connectivity index (χ2n) is 3.63. The summed E-state index contributed by atoms with van der Waals surface area (Å²) in [7, 11) is 0. The maximum atomic E-state index is 9.27. The van der Waals surface area contributed by atoms with E-state index in [1.807, 2.05) is 37.3 Å². The average molecular weight is 227 g/mol. The van der Waals surface area contributed by atoms with E-state index in [1.165, 1.54) is 6.07 Å². The predicted octanol–water partition coefficient (Wildman–Crippen LogP) is 3.20. The monoisotopic (exact) mass is 227 g/mol. The van der Waals surface area contributed by atoms with Crippen LogP contribution in [0.25, 0.3) is 0 Å². The topological polar surface area (TPSA) is 41.8 Å². The summed E-state index contributed by atoms with van der Waals surface area (Å²) in [6.07, 6.45) is 0. The second kappa shape index (κ2) is 5.16. The standard InChI is InChI=1S/C14H13NO2/c1-11(12-6-3-2-4-7-12)15-17-14-9-5-8-13(16)10-14/h2-10,16H,1H3/b15-11+. The summed E-state index contributed by atoms with van der Waals surface area (Å²) in [5.41, 5.74) is 1.79. The molecule has 0 unspecified atom stereocenters. The van der Waals surface area contributed by atoms with Crippen molar-refractivity contribution < 1.29 is 9.94 Å². The normalized spacial score (nSPS) is 11.2. The van der Waals surface area contributed by atoms with Crippen molar-refractivity contribution in [1.82, 2.24) is 0 Å². The molecule has 0 atom stereocenters. The third-order valence-corrected chi connectivity index (χ3v) is 2.30. The highest BCUT2D eigenvalue weighted by molar-refractivity contribution is 5.98. The van der Waals surface area contributed by atoms with Crippen LogP contribution < -0.4 is 4.84 Å². The van der Waals surface area contributed by atoms with Crippen LogP contribution in [0.5, 0.6) is 11.5 Å². The molecule has 17 heavy (non-hydrogen) atoms. The van der Waals surface area contributed by atoms with E-state index >= 15 is 0 Å². The number of phenols is 1. The number of rotatable bonds is 3. The van der Waals surface area contributed by atoms with Gasteiger partial charge in [-0.05, 0) is 24.6 Å². The molecule has 2 aromatic carbocycles. The van der Waals surface area contributed by atoms with Crippen molar-refractivity contribution in [2.45, 2.75) is 6.92 Å². The van der Waals surface area contributed by atoms with Crippen molar-refractivity contribution in [2.24, 2.45) is 5.16 Å². The van der Waals surface area contributed by atoms with Gasteiger partial charge in [-0.3, -0.25) is 0 Å². The summed E-state index contributed by atoms with van der Waals surface area (Å²) >= 11 is 0. The molecule has 0 radical (unpaired) electrons. The van der Waals surface area contributed by atoms with Gasteiger partial charge in [0.2, 0.25) is 0 Å². The number of aromatic hydroxyl groups is 1. The Hall–Kier alpha value is -2.29. The molecule has 0 aliphatic rings. The largest absolute Gasteiger partial charge is 0.508 e. The summed E-state index contributed by atoms with van der Waals surface area (Å²) in [5, 5.41) is 13.3. The zero-order chi connectivity index (χ0) is 12.1. The molecule has 0 aromatic heterocycles. The zero-order valence-corrected chi connectivity index (χ0v) is 9.50. The number of phenolic OH excluding ortho intramolecular Hbond substituents is 1. The van der Waals surface area contributed by atoms with Gasteiger partial charge in [0.1, 0.15) is 5.75 Å². The summed E-state index contributed by atoms with van der Waals surface area (Å²) in [5.74, 6) is 0.676. The Morgan fingerprint density at radius 1 is 1.06 bits per heavy atom. The molecular weight excluding hydrogens is 214 g/mol. The van der Waals surface area contributed by atoms with E-state index in [0.29, 0.717) is 5.75 Å². The Kier molecular flexibility index (Phi) is 3.40. The third kappa shape index (κ3) is 3.08. The van der Waals surface area contributed by atoms with Gasteiger partial charge in [0.05, 0.1) is 5.71 Å². The van der Waals surface area contributed by atoms with E-state index in [9.17, 15) is 5.11 Å². The lowest BCUT2D eigenvalue weighted by Gasteiger charge is -2.02. The average Bonchev–Trinajstić information content (AvgIpc) is 2.37. The second-order valence-corrected chi connectivity index (χ2v) is 3.63. The molecule has 0 bridgehead atoms. The van der Waals surface area contributed by atoms with Crippen LogP contribution in [0, 0.1) is 0 Å². The van der Waals surface area contributed by atoms with Gasteiger partial charge in [-0.2, -0.15) is 0 Å². The Balaban J connectivity index is 2.11. The fraction of sp³-hybridized carbons (Fsp3) is 0.0714. The highest BCUT2D eigenvalue weighted by atomic mass is 16.6. The third-order valence-electron chi connectivity index (χ3n) is 2.30. The van der Waals surface area contributed by atoms with E-state index < -0.39 is 0 Å². The fourth-order valence-corrected chi connectivity index (χ4v) is 1.39. The number of oxime groups is 1. The van der Waals surface area contributed by atoms with Gasteiger partial charge in [-0.1, -0.05) is 41.6 Å². The first kappa shape index (κ1) is 11.2. The van der Waals surface area contributed by atoms with Gasteiger partial charge in [0.15, 0.2) is 5.75 Å². The summed E-state index contributed by atoms with van der Waals surface area (Å²) in [6.45, 7) is 1.87. The molecule has 0 amide bonds. The van der Waals surface area contributed by atoms with Gasteiger partial charge in [-0.15, -0.1) is 0 Å². The lowest BCUT2D eigenvalue weighted by atomic mass is 10.1. The van der Waals surface area contributed by atoms with Gasteiger partial charge in [0, 0.05) is 6.07 Å². The minimum atomic E-state index is 0.162. The van der Waals surface area contributed by atoms with Crippen molar-refractivity contribution in [3.05, 3.63) is 60.2 Å². The lowest BCUT2D eigenvalue weighted by Crippen LogP contribution is -1.97. The molecule has 3 nitrogen and oxygen atoms in total. The van der Waals surface area contributed by atoms with Crippen molar-refractivity contribution in [3.8, 4) is 11.5 Å². The summed E-state index contributed by atoms with van der Waals surface area (Å²) in [4.78, 5) is 5.23. The molecule has 2 aromatic rings. The molecule has 3 heteroatoms. The first-order valence-corrected chi connectivity index (χ1v) is 5.32. The Morgan fingerprint density at radius 2 is 1.82 bits per heavy atom. The van der Waals surface area contributed by atoms with Crippen LogP contribution in [0.3, 0.4) is 0 Å². The van der Waals surface area contributed by atoms with E-state index in [4.69, 9.17) is 4.84 Å². The van der Waals surface area contributed by atoms with Crippen molar-refractivity contribution in [2.75, 3.05) is 0 Å². The number of hydrogen-bond acceptors (Lipinski definition) is 3. The summed E-state index contributed by atoms with van der Waals surface area (Å²) < 4.78 is 0. The lowest BCUT2D eigenvalue weighted by molar-refractivity contribution is 0.338. The van der Waals surface area contributed by atoms with Crippen LogP contribution >= 0.6 is 0 Å². The first-order valence-electron chi connectivity index (χ1n) is 5.32. The zero-order valence-electron chi connectivity index (χ0n) is 9.50. The van der Waals surface area contributed by atoms with Gasteiger partial charge in [-0.25, -0.2) is 0 Å². The predicted molar refractivity (Wildman–Crippen MR) is 67.4 cm³/mol. The van der Waals surface area contributed by atoms with Crippen molar-refractivity contribution in [1.29, 1.82) is 0 Å². The van der Waals surface area contributed by atoms with Crippen LogP contribution in [0.1, 0.15) is 12.5 Å². The first-order chi connectivity index (χ1) is 8.25. The smallest absolute Gasteiger partial charge is 0.161 e. The van der Waals surface area contributed by atoms with Crippen molar-refractivity contribution >= 4 is 5.71 Å². The Bertz CT molecular complexity index is 521. The van der Waals surface area contributed by atoms with Crippen LogP contribution in [-0.4, -0.2) is 10.8 Å². The van der Waals surface area contributed by atoms with Gasteiger partial charge in [0.25, 0.3) is 0 Å². The molecule has 0 heterocycles. The van der Waals surface area contributed by atoms with E-state index in [1.54, 1.807) is 18.2 Å². The summed E-state index contributed by atoms with van der Waals surface area (Å²) in [6, 6.07) is 16.3. The number of hydrogen-bond donors (Lipinski definition) is 1. The Labute approximate surface area is 100.0 Å². The van der Waals surface area contributed by atoms with Crippen LogP contribution in [-0.2, 0) is 0 Å². The molecule has 0 saturated carbocycles. The molecule has 0 saturated heterocycles. The maximum Gasteiger partial charge on any atom is 0.161 e. The minimum Gasteiger partial charge on any atom is -0.508 e. The molecule has 1 N–H and O–H groups in total. The molecule has 0 spiro atoms. The maximum absolute atomic E-state index is 9.27. The van der Waals surface area contributed by atoms with Gasteiger partial charge < -0.3 is 9.94 Å². The van der Waals surface area contributed by atoms with Crippen LogP contribution in [0.15, 0.2) is 59.8 Å². The highest BCUT2D eigenvalue weighted by Gasteiger charge is 1.98. The molecular formula is C14H13NO2. The van der Waals surface area contributed by atoms with Crippen LogP contribution in [0.4, 0.5) is 0 Å². The van der Waals surface area contributed by atoms with Crippen LogP contribution in [0.2, 0.25) is 0 Å². The van der Waals surface area contributed by atoms with Crippen molar-refractivity contribution in [3.63, 3.8) is 0 Å². The Morgan fingerprint density at radius 3 is 2.53 bits per heavy atom. The highest BCUT2D eigenvalue weighted by Crippen LogP contribution is 2.18. The van der Waals surface area contributed by atoms with E-state index in [-0.39, 0.29) is 5.75 Å². The van der Waals surface area contributed by atoms with Gasteiger partial charge >= 0.3 is 0 Å².